The molecule has 3 N–H and O–H groups in total. The highest BCUT2D eigenvalue weighted by Crippen LogP contribution is 2.28. The molecule has 2 aromatic carbocycles. The zero-order chi connectivity index (χ0) is 29.8. The molecule has 0 saturated carbocycles. The summed E-state index contributed by atoms with van der Waals surface area (Å²) in [5.74, 6) is -2.42. The normalized spacial score (nSPS) is 12.5. The lowest BCUT2D eigenvalue weighted by molar-refractivity contribution is -0.122. The Bertz CT molecular complexity index is 1390. The predicted molar refractivity (Wildman–Crippen MR) is 147 cm³/mol. The number of hydrogen-bond donors (Lipinski definition) is 2. The van der Waals surface area contributed by atoms with E-state index in [4.69, 9.17) is 15.2 Å². The maximum atomic E-state index is 13.5. The first-order valence-electron chi connectivity index (χ1n) is 12.6. The van der Waals surface area contributed by atoms with Gasteiger partial charge in [0.1, 0.15) is 11.2 Å². The number of benzene rings is 2. The monoisotopic (exact) mass is 556 g/mol. The fourth-order valence-corrected chi connectivity index (χ4v) is 3.70. The Morgan fingerprint density at radius 3 is 2.08 bits per heavy atom. The molecule has 3 amide bonds. The first kappa shape index (κ1) is 30.4. The van der Waals surface area contributed by atoms with Crippen LogP contribution in [0, 0.1) is 11.6 Å². The molecule has 3 rings (SSSR count). The number of imide groups is 1. The number of carbonyl (C=O) groups excluding carboxylic acids is 3. The fraction of sp³-hybridized carbons (Fsp3) is 0.379. The molecule has 0 spiro atoms. The van der Waals surface area contributed by atoms with Crippen molar-refractivity contribution in [2.75, 3.05) is 4.90 Å². The van der Waals surface area contributed by atoms with E-state index in [0.717, 1.165) is 17.0 Å². The molecule has 0 unspecified atom stereocenters. The van der Waals surface area contributed by atoms with E-state index < -0.39 is 47.0 Å². The summed E-state index contributed by atoms with van der Waals surface area (Å²) >= 11 is 0. The minimum absolute atomic E-state index is 0.0287. The Morgan fingerprint density at radius 1 is 0.900 bits per heavy atom. The zero-order valence-corrected chi connectivity index (χ0v) is 23.4. The summed E-state index contributed by atoms with van der Waals surface area (Å²) in [4.78, 5) is 43.7. The van der Waals surface area contributed by atoms with Crippen LogP contribution in [0.5, 0.6) is 0 Å². The van der Waals surface area contributed by atoms with Crippen LogP contribution in [0.25, 0.3) is 10.8 Å². The second-order valence-corrected chi connectivity index (χ2v) is 11.3. The lowest BCUT2D eigenvalue weighted by Gasteiger charge is -2.28. The standard InChI is InChI=1S/C29H34F2N4O5/c1-28(2,3)39-26(37)35(27(38)40-29(4,5)6)24-20-9-7-18(13-19(20)11-12-33-24)16-34-25(36)23(32)15-17-8-10-21(30)22(31)14-17/h7-14,23H,15-16,32H2,1-6H3,(H,34,36)/t23-/m1/s1. The third-order valence-electron chi connectivity index (χ3n) is 5.41. The van der Waals surface area contributed by atoms with Gasteiger partial charge in [-0.3, -0.25) is 4.79 Å². The van der Waals surface area contributed by atoms with Crippen molar-refractivity contribution in [3.8, 4) is 0 Å². The molecule has 0 aliphatic heterocycles. The average Bonchev–Trinajstić information content (AvgIpc) is 2.82. The quantitative estimate of drug-likeness (QED) is 0.418. The minimum Gasteiger partial charge on any atom is -0.443 e. The highest BCUT2D eigenvalue weighted by molar-refractivity contribution is 6.13. The zero-order valence-electron chi connectivity index (χ0n) is 23.4. The molecule has 0 saturated heterocycles. The summed E-state index contributed by atoms with van der Waals surface area (Å²) in [7, 11) is 0. The molecule has 0 aliphatic carbocycles. The van der Waals surface area contributed by atoms with Crippen LogP contribution in [-0.4, -0.2) is 40.3 Å². The van der Waals surface area contributed by atoms with E-state index in [2.05, 4.69) is 10.3 Å². The molecule has 0 aliphatic rings. The highest BCUT2D eigenvalue weighted by atomic mass is 19.2. The van der Waals surface area contributed by atoms with Crippen LogP contribution in [-0.2, 0) is 27.2 Å². The SMILES string of the molecule is CC(C)(C)OC(=O)N(C(=O)OC(C)(C)C)c1nccc2cc(CNC(=O)[C@H](N)Cc3ccc(F)c(F)c3)ccc12. The summed E-state index contributed by atoms with van der Waals surface area (Å²) in [5, 5.41) is 3.84. The Kier molecular flexibility index (Phi) is 9.09. The molecule has 214 valence electrons. The van der Waals surface area contributed by atoms with Crippen molar-refractivity contribution in [2.45, 2.75) is 71.8 Å². The summed E-state index contributed by atoms with van der Waals surface area (Å²) < 4.78 is 37.5. The Balaban J connectivity index is 1.81. The van der Waals surface area contributed by atoms with E-state index in [1.807, 2.05) is 0 Å². The first-order valence-corrected chi connectivity index (χ1v) is 12.6. The van der Waals surface area contributed by atoms with E-state index in [0.29, 0.717) is 21.9 Å². The summed E-state index contributed by atoms with van der Waals surface area (Å²) in [6, 6.07) is 9.23. The molecule has 40 heavy (non-hydrogen) atoms. The van der Waals surface area contributed by atoms with Gasteiger partial charge in [-0.2, -0.15) is 4.90 Å². The van der Waals surface area contributed by atoms with E-state index in [-0.39, 0.29) is 18.8 Å². The van der Waals surface area contributed by atoms with Crippen molar-refractivity contribution in [3.05, 3.63) is 71.4 Å². The number of fused-ring (bicyclic) bond motifs is 1. The molecule has 1 atom stereocenters. The van der Waals surface area contributed by atoms with Gasteiger partial charge in [0.15, 0.2) is 17.5 Å². The Labute approximate surface area is 231 Å². The third-order valence-corrected chi connectivity index (χ3v) is 5.41. The van der Waals surface area contributed by atoms with Crippen LogP contribution >= 0.6 is 0 Å². The molecule has 0 bridgehead atoms. The number of nitrogens with zero attached hydrogens (tertiary/aromatic N) is 2. The van der Waals surface area contributed by atoms with Crippen molar-refractivity contribution in [1.29, 1.82) is 0 Å². The van der Waals surface area contributed by atoms with Gasteiger partial charge in [-0.25, -0.2) is 23.4 Å². The van der Waals surface area contributed by atoms with Crippen LogP contribution in [0.1, 0.15) is 52.7 Å². The van der Waals surface area contributed by atoms with Gasteiger partial charge in [0.05, 0.1) is 6.04 Å². The summed E-state index contributed by atoms with van der Waals surface area (Å²) in [5.41, 5.74) is 5.31. The lowest BCUT2D eigenvalue weighted by atomic mass is 10.1. The van der Waals surface area contributed by atoms with Gasteiger partial charge < -0.3 is 20.5 Å². The van der Waals surface area contributed by atoms with Crippen LogP contribution < -0.4 is 16.0 Å². The van der Waals surface area contributed by atoms with Gasteiger partial charge in [0, 0.05) is 18.1 Å². The smallest absolute Gasteiger partial charge is 0.425 e. The predicted octanol–water partition coefficient (Wildman–Crippen LogP) is 5.38. The average molecular weight is 557 g/mol. The van der Waals surface area contributed by atoms with Gasteiger partial charge in [-0.05, 0) is 88.7 Å². The summed E-state index contributed by atoms with van der Waals surface area (Å²) in [6.45, 7) is 10.2. The van der Waals surface area contributed by atoms with Gasteiger partial charge in [-0.15, -0.1) is 0 Å². The first-order chi connectivity index (χ1) is 18.5. The van der Waals surface area contributed by atoms with Crippen LogP contribution in [0.2, 0.25) is 0 Å². The highest BCUT2D eigenvalue weighted by Gasteiger charge is 2.34. The van der Waals surface area contributed by atoms with Crippen molar-refractivity contribution in [1.82, 2.24) is 10.3 Å². The van der Waals surface area contributed by atoms with Gasteiger partial charge in [0.25, 0.3) is 0 Å². The number of nitrogens with two attached hydrogens (primary N) is 1. The number of nitrogens with one attached hydrogen (secondary N) is 1. The second-order valence-electron chi connectivity index (χ2n) is 11.3. The Hall–Kier alpha value is -4.12. The number of amides is 3. The maximum Gasteiger partial charge on any atom is 0.425 e. The molecular formula is C29H34F2N4O5. The van der Waals surface area contributed by atoms with Crippen molar-refractivity contribution < 1.29 is 32.6 Å². The molecule has 0 radical (unpaired) electrons. The van der Waals surface area contributed by atoms with Crippen molar-refractivity contribution >= 4 is 34.7 Å². The topological polar surface area (TPSA) is 124 Å². The Morgan fingerprint density at radius 2 is 1.50 bits per heavy atom. The maximum absolute atomic E-state index is 13.5. The molecular weight excluding hydrogens is 522 g/mol. The lowest BCUT2D eigenvalue weighted by Crippen LogP contribution is -2.44. The number of anilines is 1. The van der Waals surface area contributed by atoms with Crippen LogP contribution in [0.4, 0.5) is 24.2 Å². The van der Waals surface area contributed by atoms with E-state index in [9.17, 15) is 23.2 Å². The number of pyridine rings is 1. The molecule has 11 heteroatoms. The molecule has 1 heterocycles. The van der Waals surface area contributed by atoms with Crippen molar-refractivity contribution in [2.24, 2.45) is 5.73 Å². The summed E-state index contributed by atoms with van der Waals surface area (Å²) in [6.07, 6.45) is -0.401. The van der Waals surface area contributed by atoms with Crippen LogP contribution in [0.3, 0.4) is 0 Å². The van der Waals surface area contributed by atoms with E-state index in [1.165, 1.54) is 12.3 Å². The number of aromatic nitrogens is 1. The van der Waals surface area contributed by atoms with Crippen molar-refractivity contribution in [3.63, 3.8) is 0 Å². The number of carbonyl (C=O) groups is 3. The van der Waals surface area contributed by atoms with E-state index >= 15 is 0 Å². The van der Waals surface area contributed by atoms with Crippen LogP contribution in [0.15, 0.2) is 48.7 Å². The minimum atomic E-state index is -1.01. The molecule has 0 fully saturated rings. The van der Waals surface area contributed by atoms with E-state index in [1.54, 1.807) is 65.8 Å². The molecule has 3 aromatic rings. The van der Waals surface area contributed by atoms with Gasteiger partial charge in [-0.1, -0.05) is 18.2 Å². The van der Waals surface area contributed by atoms with Gasteiger partial charge >= 0.3 is 12.2 Å². The molecule has 9 nitrogen and oxygen atoms in total. The largest absolute Gasteiger partial charge is 0.443 e. The second kappa shape index (κ2) is 12.0. The number of hydrogen-bond acceptors (Lipinski definition) is 7. The molecule has 1 aromatic heterocycles. The fourth-order valence-electron chi connectivity index (χ4n) is 3.70. The van der Waals surface area contributed by atoms with Gasteiger partial charge in [0.2, 0.25) is 5.91 Å². The third kappa shape index (κ3) is 8.19. The number of rotatable bonds is 6. The number of halogens is 2. The number of ether oxygens (including phenoxy) is 2.